The molecular formula is C5H7ClN2O. The van der Waals surface area contributed by atoms with Crippen molar-refractivity contribution in [3.63, 3.8) is 0 Å². The van der Waals surface area contributed by atoms with Gasteiger partial charge in [-0.1, -0.05) is 0 Å². The molecule has 0 aromatic carbocycles. The number of hydrogen-bond donors (Lipinski definition) is 0. The lowest BCUT2D eigenvalue weighted by Crippen LogP contribution is -1.81. The van der Waals surface area contributed by atoms with E-state index >= 15 is 0 Å². The van der Waals surface area contributed by atoms with Crippen molar-refractivity contribution < 1.29 is 4.42 Å². The molecule has 0 unspecified atom stereocenters. The molecule has 0 aliphatic rings. The maximum absolute atomic E-state index is 5.62. The molecule has 0 radical (unpaired) electrons. The van der Waals surface area contributed by atoms with Gasteiger partial charge >= 0.3 is 0 Å². The van der Waals surface area contributed by atoms with Gasteiger partial charge in [0, 0.05) is 6.92 Å². The number of rotatable bonds is 1. The average molecular weight is 147 g/mol. The van der Waals surface area contributed by atoms with Gasteiger partial charge in [-0.15, -0.1) is 21.8 Å². The lowest BCUT2D eigenvalue weighted by Gasteiger charge is -1.89. The molecule has 0 bridgehead atoms. The molecule has 50 valence electrons. The molecule has 1 atom stereocenters. The third kappa shape index (κ3) is 1.42. The molecule has 0 amide bonds. The number of nitrogens with zero attached hydrogens (tertiary/aromatic N) is 2. The second-order valence-electron chi connectivity index (χ2n) is 1.78. The first-order valence-corrected chi connectivity index (χ1v) is 3.08. The second kappa shape index (κ2) is 2.35. The van der Waals surface area contributed by atoms with Crippen LogP contribution < -0.4 is 0 Å². The van der Waals surface area contributed by atoms with Crippen LogP contribution >= 0.6 is 11.6 Å². The summed E-state index contributed by atoms with van der Waals surface area (Å²) < 4.78 is 4.99. The van der Waals surface area contributed by atoms with Gasteiger partial charge in [-0.25, -0.2) is 0 Å². The van der Waals surface area contributed by atoms with E-state index in [1.165, 1.54) is 0 Å². The predicted octanol–water partition coefficient (Wildman–Crippen LogP) is 1.68. The summed E-state index contributed by atoms with van der Waals surface area (Å²) in [6.07, 6.45) is 0. The lowest BCUT2D eigenvalue weighted by molar-refractivity contribution is 0.468. The third-order valence-corrected chi connectivity index (χ3v) is 1.07. The van der Waals surface area contributed by atoms with Gasteiger partial charge in [0.05, 0.1) is 0 Å². The van der Waals surface area contributed by atoms with Gasteiger partial charge < -0.3 is 4.42 Å². The summed E-state index contributed by atoms with van der Waals surface area (Å²) in [5.74, 6) is 1.03. The first-order chi connectivity index (χ1) is 4.20. The van der Waals surface area contributed by atoms with Crippen LogP contribution in [0.1, 0.15) is 24.1 Å². The molecule has 1 rings (SSSR count). The van der Waals surface area contributed by atoms with Gasteiger partial charge in [-0.2, -0.15) is 0 Å². The summed E-state index contributed by atoms with van der Waals surface area (Å²) in [6.45, 7) is 3.52. The van der Waals surface area contributed by atoms with Crippen molar-refractivity contribution in [2.24, 2.45) is 0 Å². The molecule has 0 N–H and O–H groups in total. The zero-order valence-electron chi connectivity index (χ0n) is 5.26. The van der Waals surface area contributed by atoms with Crippen molar-refractivity contribution in [2.75, 3.05) is 0 Å². The topological polar surface area (TPSA) is 38.9 Å². The van der Waals surface area contributed by atoms with Gasteiger partial charge in [0.1, 0.15) is 5.38 Å². The minimum atomic E-state index is -0.189. The molecule has 1 heterocycles. The Bertz CT molecular complexity index is 197. The molecule has 0 fully saturated rings. The molecular weight excluding hydrogens is 140 g/mol. The van der Waals surface area contributed by atoms with E-state index in [0.717, 1.165) is 0 Å². The highest BCUT2D eigenvalue weighted by atomic mass is 35.5. The minimum Gasteiger partial charge on any atom is -0.424 e. The van der Waals surface area contributed by atoms with E-state index in [-0.39, 0.29) is 5.38 Å². The van der Waals surface area contributed by atoms with Crippen LogP contribution in [0.15, 0.2) is 4.42 Å². The molecule has 0 saturated carbocycles. The number of alkyl halides is 1. The SMILES string of the molecule is Cc1nnc([C@@H](C)Cl)o1. The van der Waals surface area contributed by atoms with Gasteiger partial charge in [0.2, 0.25) is 11.8 Å². The highest BCUT2D eigenvalue weighted by Gasteiger charge is 2.07. The van der Waals surface area contributed by atoms with Crippen LogP contribution in [0.2, 0.25) is 0 Å². The van der Waals surface area contributed by atoms with Gasteiger partial charge in [0.25, 0.3) is 0 Å². The third-order valence-electron chi connectivity index (χ3n) is 0.882. The zero-order valence-corrected chi connectivity index (χ0v) is 6.01. The summed E-state index contributed by atoms with van der Waals surface area (Å²) in [5, 5.41) is 7.11. The first-order valence-electron chi connectivity index (χ1n) is 2.64. The van der Waals surface area contributed by atoms with Crippen molar-refractivity contribution in [2.45, 2.75) is 19.2 Å². The Morgan fingerprint density at radius 2 is 2.22 bits per heavy atom. The Kier molecular flexibility index (Phi) is 1.71. The Morgan fingerprint density at radius 1 is 1.56 bits per heavy atom. The highest BCUT2D eigenvalue weighted by molar-refractivity contribution is 6.20. The normalized spacial score (nSPS) is 13.7. The fourth-order valence-electron chi connectivity index (χ4n) is 0.473. The molecule has 4 heteroatoms. The monoisotopic (exact) mass is 146 g/mol. The molecule has 0 aliphatic heterocycles. The van der Waals surface area contributed by atoms with Crippen LogP contribution in [0.25, 0.3) is 0 Å². The van der Waals surface area contributed by atoms with Gasteiger partial charge in [-0.3, -0.25) is 0 Å². The molecule has 0 saturated heterocycles. The van der Waals surface area contributed by atoms with Gasteiger partial charge in [0.15, 0.2) is 0 Å². The molecule has 1 aromatic heterocycles. The number of aryl methyl sites for hydroxylation is 1. The zero-order chi connectivity index (χ0) is 6.85. The largest absolute Gasteiger partial charge is 0.424 e. The van der Waals surface area contributed by atoms with E-state index in [2.05, 4.69) is 10.2 Å². The summed E-state index contributed by atoms with van der Waals surface area (Å²) in [5.41, 5.74) is 0. The maximum Gasteiger partial charge on any atom is 0.234 e. The number of hydrogen-bond acceptors (Lipinski definition) is 3. The van der Waals surface area contributed by atoms with Crippen LogP contribution in [0, 0.1) is 6.92 Å². The summed E-state index contributed by atoms with van der Waals surface area (Å²) in [7, 11) is 0. The fraction of sp³-hybridized carbons (Fsp3) is 0.600. The lowest BCUT2D eigenvalue weighted by atomic mass is 10.5. The summed E-state index contributed by atoms with van der Waals surface area (Å²) in [4.78, 5) is 0. The predicted molar refractivity (Wildman–Crippen MR) is 33.3 cm³/mol. The summed E-state index contributed by atoms with van der Waals surface area (Å²) in [6, 6.07) is 0. The van der Waals surface area contributed by atoms with Crippen LogP contribution in [0.4, 0.5) is 0 Å². The van der Waals surface area contributed by atoms with Crippen molar-refractivity contribution in [3.05, 3.63) is 11.8 Å². The van der Waals surface area contributed by atoms with Crippen molar-refractivity contribution in [1.29, 1.82) is 0 Å². The molecule has 0 spiro atoms. The standard InChI is InChI=1S/C5H7ClN2O/c1-3(6)5-8-7-4(2)9-5/h3H,1-2H3/t3-/m1/s1. The highest BCUT2D eigenvalue weighted by Crippen LogP contribution is 2.16. The fourth-order valence-corrected chi connectivity index (χ4v) is 0.561. The van der Waals surface area contributed by atoms with Gasteiger partial charge in [-0.05, 0) is 6.92 Å². The Morgan fingerprint density at radius 3 is 2.44 bits per heavy atom. The Balaban J connectivity index is 2.85. The molecule has 3 nitrogen and oxygen atoms in total. The summed E-state index contributed by atoms with van der Waals surface area (Å²) >= 11 is 5.62. The van der Waals surface area contributed by atoms with E-state index < -0.39 is 0 Å². The van der Waals surface area contributed by atoms with Crippen molar-refractivity contribution in [3.8, 4) is 0 Å². The maximum atomic E-state index is 5.62. The van der Waals surface area contributed by atoms with Crippen LogP contribution in [0.3, 0.4) is 0 Å². The number of halogens is 1. The van der Waals surface area contributed by atoms with E-state index in [1.807, 2.05) is 0 Å². The average Bonchev–Trinajstić information content (AvgIpc) is 2.14. The van der Waals surface area contributed by atoms with E-state index in [9.17, 15) is 0 Å². The number of aromatic nitrogens is 2. The second-order valence-corrected chi connectivity index (χ2v) is 2.43. The first kappa shape index (κ1) is 6.55. The van der Waals surface area contributed by atoms with E-state index in [1.54, 1.807) is 13.8 Å². The quantitative estimate of drug-likeness (QED) is 0.566. The molecule has 0 aliphatic carbocycles. The molecule has 9 heavy (non-hydrogen) atoms. The molecule has 1 aromatic rings. The van der Waals surface area contributed by atoms with Crippen LogP contribution in [0.5, 0.6) is 0 Å². The Labute approximate surface area is 58.0 Å². The Hall–Kier alpha value is -0.570. The smallest absolute Gasteiger partial charge is 0.234 e. The minimum absolute atomic E-state index is 0.189. The van der Waals surface area contributed by atoms with E-state index in [4.69, 9.17) is 16.0 Å². The van der Waals surface area contributed by atoms with Crippen LogP contribution in [-0.2, 0) is 0 Å². The van der Waals surface area contributed by atoms with E-state index in [0.29, 0.717) is 11.8 Å². The van der Waals surface area contributed by atoms with Crippen molar-refractivity contribution >= 4 is 11.6 Å². The van der Waals surface area contributed by atoms with Crippen molar-refractivity contribution in [1.82, 2.24) is 10.2 Å². The van der Waals surface area contributed by atoms with Crippen LogP contribution in [-0.4, -0.2) is 10.2 Å².